The van der Waals surface area contributed by atoms with Crippen molar-refractivity contribution >= 4 is 11.6 Å². The van der Waals surface area contributed by atoms with Gasteiger partial charge in [-0.1, -0.05) is 50.2 Å². The first-order valence-corrected chi connectivity index (χ1v) is 13.2. The van der Waals surface area contributed by atoms with E-state index in [1.807, 2.05) is 0 Å². The van der Waals surface area contributed by atoms with Crippen molar-refractivity contribution in [2.24, 2.45) is 5.92 Å². The van der Waals surface area contributed by atoms with Crippen LogP contribution in [0.2, 0.25) is 0 Å². The van der Waals surface area contributed by atoms with Crippen LogP contribution in [0.5, 0.6) is 0 Å². The number of hydrogen-bond donors (Lipinski definition) is 2. The van der Waals surface area contributed by atoms with Gasteiger partial charge < -0.3 is 15.3 Å². The van der Waals surface area contributed by atoms with E-state index in [0.29, 0.717) is 11.1 Å². The van der Waals surface area contributed by atoms with Crippen molar-refractivity contribution < 1.29 is 40.6 Å². The third-order valence-corrected chi connectivity index (χ3v) is 6.76. The van der Waals surface area contributed by atoms with Crippen LogP contribution in [-0.2, 0) is 11.2 Å². The topological polar surface area (TPSA) is 100 Å². The average Bonchev–Trinajstić information content (AvgIpc) is 2.96. The molecule has 0 heterocycles. The third-order valence-electron chi connectivity index (χ3n) is 6.76. The molecule has 6 nitrogen and oxygen atoms in total. The van der Waals surface area contributed by atoms with E-state index >= 15 is 0 Å². The second-order valence-electron chi connectivity index (χ2n) is 10.3. The molecule has 0 aromatic heterocycles. The van der Waals surface area contributed by atoms with Crippen molar-refractivity contribution in [2.45, 2.75) is 51.1 Å². The van der Waals surface area contributed by atoms with Crippen molar-refractivity contribution in [1.29, 1.82) is 10.5 Å². The number of aliphatic hydroxyl groups excluding tert-OH is 1. The van der Waals surface area contributed by atoms with Crippen molar-refractivity contribution in [3.05, 3.63) is 89.0 Å². The summed E-state index contributed by atoms with van der Waals surface area (Å²) in [5.74, 6) is -3.94. The number of halogens is 7. The SMILES string of the molecule is CC(C)[C@@H](C(=O)N[C@H](C#N)Cc1c(F)cc(C#N)cc1F)N(CC(F)(F)F)c1ccc(-c2ccc([C@@H](O)C(F)F)cc2)cc1. The van der Waals surface area contributed by atoms with Gasteiger partial charge in [0, 0.05) is 17.7 Å². The third kappa shape index (κ3) is 8.48. The summed E-state index contributed by atoms with van der Waals surface area (Å²) in [6, 6.07) is 13.0. The van der Waals surface area contributed by atoms with E-state index in [4.69, 9.17) is 5.26 Å². The minimum absolute atomic E-state index is 0.00218. The van der Waals surface area contributed by atoms with Crippen LogP contribution in [0.1, 0.15) is 36.6 Å². The number of benzene rings is 3. The molecule has 3 rings (SSSR count). The summed E-state index contributed by atoms with van der Waals surface area (Å²) >= 11 is 0. The van der Waals surface area contributed by atoms with Gasteiger partial charge in [0.15, 0.2) is 0 Å². The van der Waals surface area contributed by atoms with Crippen molar-refractivity contribution in [3.63, 3.8) is 0 Å². The van der Waals surface area contributed by atoms with Crippen LogP contribution in [0, 0.1) is 40.2 Å². The molecule has 0 fully saturated rings. The van der Waals surface area contributed by atoms with E-state index < -0.39 is 72.8 Å². The van der Waals surface area contributed by atoms with Crippen LogP contribution in [0.4, 0.5) is 36.4 Å². The minimum atomic E-state index is -4.75. The second kappa shape index (κ2) is 14.2. The zero-order valence-electron chi connectivity index (χ0n) is 23.4. The van der Waals surface area contributed by atoms with Crippen molar-refractivity contribution in [1.82, 2.24) is 5.32 Å². The van der Waals surface area contributed by atoms with Gasteiger partial charge in [0.05, 0.1) is 17.7 Å². The molecule has 2 N–H and O–H groups in total. The van der Waals surface area contributed by atoms with Crippen LogP contribution < -0.4 is 10.2 Å². The van der Waals surface area contributed by atoms with E-state index in [0.717, 1.165) is 17.0 Å². The summed E-state index contributed by atoms with van der Waals surface area (Å²) in [5, 5.41) is 30.3. The molecule has 3 aromatic carbocycles. The molecular formula is C31H27F7N4O2. The average molecular weight is 621 g/mol. The molecule has 3 aromatic rings. The summed E-state index contributed by atoms with van der Waals surface area (Å²) in [5.41, 5.74) is 0.168. The lowest BCUT2D eigenvalue weighted by Gasteiger charge is -2.36. The number of aliphatic hydroxyl groups is 1. The molecule has 44 heavy (non-hydrogen) atoms. The van der Waals surface area contributed by atoms with Crippen molar-refractivity contribution in [2.75, 3.05) is 11.4 Å². The molecule has 0 bridgehead atoms. The lowest BCUT2D eigenvalue weighted by Crippen LogP contribution is -2.55. The van der Waals surface area contributed by atoms with Gasteiger partial charge in [-0.25, -0.2) is 17.6 Å². The van der Waals surface area contributed by atoms with E-state index in [2.05, 4.69) is 5.32 Å². The number of nitrogens with one attached hydrogen (secondary N) is 1. The molecule has 13 heteroatoms. The number of carbonyl (C=O) groups is 1. The summed E-state index contributed by atoms with van der Waals surface area (Å²) < 4.78 is 95.6. The standard InChI is InChI=1S/C31H27F7N4O2/c1-17(2)27(30(44)41-22(15-40)13-24-25(32)11-18(14-39)12-26(24)33)42(16-31(36,37)38)23-9-7-20(8-10-23)19-3-5-21(6-4-19)28(43)29(34)35/h3-12,17,22,27-29,43H,13,16H2,1-2H3,(H,41,44)/t22-,27-,28+/m0/s1. The van der Waals surface area contributed by atoms with Crippen LogP contribution in [0.25, 0.3) is 11.1 Å². The number of rotatable bonds is 11. The first-order valence-electron chi connectivity index (χ1n) is 13.2. The summed E-state index contributed by atoms with van der Waals surface area (Å²) in [4.78, 5) is 14.2. The Balaban J connectivity index is 1.89. The molecule has 3 atom stereocenters. The maximum Gasteiger partial charge on any atom is 0.405 e. The molecule has 0 radical (unpaired) electrons. The molecule has 0 aliphatic rings. The quantitative estimate of drug-likeness (QED) is 0.240. The van der Waals surface area contributed by atoms with Crippen LogP contribution in [0.3, 0.4) is 0 Å². The molecule has 0 unspecified atom stereocenters. The summed E-state index contributed by atoms with van der Waals surface area (Å²) in [7, 11) is 0. The molecule has 0 spiro atoms. The molecule has 0 saturated heterocycles. The number of alkyl halides is 5. The Hall–Kier alpha value is -4.62. The highest BCUT2D eigenvalue weighted by atomic mass is 19.4. The van der Waals surface area contributed by atoms with E-state index in [1.54, 1.807) is 12.1 Å². The number of nitrogens with zero attached hydrogens (tertiary/aromatic N) is 3. The lowest BCUT2D eigenvalue weighted by molar-refractivity contribution is -0.128. The van der Waals surface area contributed by atoms with E-state index in [-0.39, 0.29) is 16.8 Å². The normalized spacial score (nSPS) is 13.6. The van der Waals surface area contributed by atoms with Crippen LogP contribution in [-0.4, -0.2) is 42.2 Å². The monoisotopic (exact) mass is 620 g/mol. The van der Waals surface area contributed by atoms with Gasteiger partial charge in [0.1, 0.15) is 36.4 Å². The zero-order chi connectivity index (χ0) is 32.8. The Labute approximate surface area is 248 Å². The van der Waals surface area contributed by atoms with Gasteiger partial charge in [-0.15, -0.1) is 0 Å². The zero-order valence-corrected chi connectivity index (χ0v) is 23.4. The Kier molecular flexibility index (Phi) is 11.0. The molecule has 0 aliphatic carbocycles. The minimum Gasteiger partial charge on any atom is -0.382 e. The van der Waals surface area contributed by atoms with Gasteiger partial charge in [0.2, 0.25) is 5.91 Å². The second-order valence-corrected chi connectivity index (χ2v) is 10.3. The highest BCUT2D eigenvalue weighted by Gasteiger charge is 2.39. The molecular weight excluding hydrogens is 593 g/mol. The Morgan fingerprint density at radius 2 is 1.48 bits per heavy atom. The van der Waals surface area contributed by atoms with Gasteiger partial charge in [0.25, 0.3) is 6.43 Å². The molecule has 1 amide bonds. The van der Waals surface area contributed by atoms with Gasteiger partial charge in [-0.05, 0) is 46.9 Å². The maximum atomic E-state index is 14.4. The van der Waals surface area contributed by atoms with Gasteiger partial charge >= 0.3 is 6.18 Å². The highest BCUT2D eigenvalue weighted by Crippen LogP contribution is 2.31. The number of carbonyl (C=O) groups excluding carboxylic acids is 1. The number of amides is 1. The number of anilines is 1. The molecule has 0 saturated carbocycles. The van der Waals surface area contributed by atoms with Crippen molar-refractivity contribution in [3.8, 4) is 23.3 Å². The fourth-order valence-corrected chi connectivity index (χ4v) is 4.66. The fourth-order valence-electron chi connectivity index (χ4n) is 4.66. The van der Waals surface area contributed by atoms with Gasteiger partial charge in [-0.2, -0.15) is 23.7 Å². The van der Waals surface area contributed by atoms with E-state index in [1.165, 1.54) is 62.4 Å². The largest absolute Gasteiger partial charge is 0.405 e. The summed E-state index contributed by atoms with van der Waals surface area (Å²) in [6.45, 7) is 1.45. The number of nitriles is 2. The Morgan fingerprint density at radius 3 is 1.91 bits per heavy atom. The lowest BCUT2D eigenvalue weighted by atomic mass is 9.98. The first-order chi connectivity index (χ1) is 20.6. The Bertz CT molecular complexity index is 1510. The first kappa shape index (κ1) is 33.9. The fraction of sp³-hybridized carbons (Fsp3) is 0.323. The van der Waals surface area contributed by atoms with E-state index in [9.17, 15) is 45.9 Å². The van der Waals surface area contributed by atoms with Crippen LogP contribution in [0.15, 0.2) is 60.7 Å². The number of hydrogen-bond acceptors (Lipinski definition) is 5. The smallest absolute Gasteiger partial charge is 0.382 e. The summed E-state index contributed by atoms with van der Waals surface area (Å²) in [6.07, 6.45) is -10.3. The van der Waals surface area contributed by atoms with Gasteiger partial charge in [-0.3, -0.25) is 4.79 Å². The Morgan fingerprint density at radius 1 is 0.955 bits per heavy atom. The predicted octanol–water partition coefficient (Wildman–Crippen LogP) is 6.45. The molecule has 0 aliphatic heterocycles. The maximum absolute atomic E-state index is 14.4. The molecule has 232 valence electrons. The predicted molar refractivity (Wildman–Crippen MR) is 147 cm³/mol. The highest BCUT2D eigenvalue weighted by molar-refractivity contribution is 5.86. The van der Waals surface area contributed by atoms with Crippen LogP contribution >= 0.6 is 0 Å².